The first-order valence-corrected chi connectivity index (χ1v) is 6.25. The van der Waals surface area contributed by atoms with E-state index in [4.69, 9.17) is 18.6 Å². The van der Waals surface area contributed by atoms with Gasteiger partial charge in [-0.15, -0.1) is 0 Å². The summed E-state index contributed by atoms with van der Waals surface area (Å²) in [5.41, 5.74) is 1.27. The molecule has 0 saturated heterocycles. The quantitative estimate of drug-likeness (QED) is 0.806. The number of rotatable bonds is 4. The molecule has 0 radical (unpaired) electrons. The molecule has 0 N–H and O–H groups in total. The van der Waals surface area contributed by atoms with Gasteiger partial charge in [0.1, 0.15) is 11.3 Å². The predicted molar refractivity (Wildman–Crippen MR) is 74.3 cm³/mol. The second kappa shape index (κ2) is 5.97. The molecule has 0 bridgehead atoms. The van der Waals surface area contributed by atoms with Crippen LogP contribution in [-0.4, -0.2) is 33.3 Å². The van der Waals surface area contributed by atoms with Crippen LogP contribution in [0.4, 0.5) is 0 Å². The Balaban J connectivity index is 2.86. The summed E-state index contributed by atoms with van der Waals surface area (Å²) in [6.45, 7) is 1.93. The van der Waals surface area contributed by atoms with Crippen LogP contribution in [0, 0.1) is 6.92 Å². The summed E-state index contributed by atoms with van der Waals surface area (Å²) in [5, 5.41) is 0.711. The van der Waals surface area contributed by atoms with Gasteiger partial charge >= 0.3 is 11.9 Å². The molecule has 0 fully saturated rings. The molecule has 0 atom stereocenters. The molecule has 0 aliphatic rings. The number of aryl methyl sites for hydroxylation is 1. The van der Waals surface area contributed by atoms with Crippen LogP contribution in [-0.2, 0) is 20.8 Å². The number of hydrogen-bond acceptors (Lipinski definition) is 6. The highest BCUT2D eigenvalue weighted by Crippen LogP contribution is 2.30. The zero-order valence-corrected chi connectivity index (χ0v) is 12.3. The van der Waals surface area contributed by atoms with Crippen LogP contribution in [0.2, 0.25) is 0 Å². The number of methoxy groups -OCH3 is 3. The third-order valence-electron chi connectivity index (χ3n) is 3.14. The summed E-state index contributed by atoms with van der Waals surface area (Å²) < 4.78 is 20.2. The van der Waals surface area contributed by atoms with E-state index in [1.165, 1.54) is 27.4 Å². The van der Waals surface area contributed by atoms with Gasteiger partial charge in [-0.05, 0) is 19.1 Å². The van der Waals surface area contributed by atoms with Gasteiger partial charge in [-0.25, -0.2) is 9.59 Å². The van der Waals surface area contributed by atoms with Crippen LogP contribution < -0.4 is 0 Å². The number of furan rings is 1. The van der Waals surface area contributed by atoms with Gasteiger partial charge in [0.2, 0.25) is 0 Å². The minimum absolute atomic E-state index is 0.0956. The van der Waals surface area contributed by atoms with E-state index < -0.39 is 11.9 Å². The molecular formula is C15H16O6. The van der Waals surface area contributed by atoms with Gasteiger partial charge in [-0.1, -0.05) is 0 Å². The van der Waals surface area contributed by atoms with Crippen molar-refractivity contribution in [2.45, 2.75) is 13.5 Å². The maximum Gasteiger partial charge on any atom is 0.339 e. The van der Waals surface area contributed by atoms with Crippen molar-refractivity contribution in [2.75, 3.05) is 21.3 Å². The monoisotopic (exact) mass is 292 g/mol. The first kappa shape index (κ1) is 15.1. The molecule has 0 saturated carbocycles. The van der Waals surface area contributed by atoms with Gasteiger partial charge in [0, 0.05) is 18.1 Å². The van der Waals surface area contributed by atoms with Gasteiger partial charge in [0.05, 0.1) is 32.0 Å². The highest BCUT2D eigenvalue weighted by Gasteiger charge is 2.26. The van der Waals surface area contributed by atoms with Crippen LogP contribution in [0.5, 0.6) is 0 Å². The van der Waals surface area contributed by atoms with Gasteiger partial charge in [-0.2, -0.15) is 0 Å². The SMILES string of the molecule is COCc1c(C(=O)OC)c(C(=O)OC)cc2oc(C)cc12. The molecule has 2 rings (SSSR count). The van der Waals surface area contributed by atoms with Gasteiger partial charge in [0.25, 0.3) is 0 Å². The Kier molecular flexibility index (Phi) is 4.28. The maximum absolute atomic E-state index is 12.1. The van der Waals surface area contributed by atoms with Crippen LogP contribution in [0.1, 0.15) is 32.0 Å². The number of carbonyl (C=O) groups excluding carboxylic acids is 2. The molecule has 21 heavy (non-hydrogen) atoms. The largest absolute Gasteiger partial charge is 0.465 e. The van der Waals surface area contributed by atoms with Crippen molar-refractivity contribution in [1.29, 1.82) is 0 Å². The summed E-state index contributed by atoms with van der Waals surface area (Å²) in [6.07, 6.45) is 0. The van der Waals surface area contributed by atoms with E-state index in [0.717, 1.165) is 0 Å². The van der Waals surface area contributed by atoms with Crippen molar-refractivity contribution in [3.8, 4) is 0 Å². The lowest BCUT2D eigenvalue weighted by Gasteiger charge is -2.12. The lowest BCUT2D eigenvalue weighted by atomic mass is 9.97. The van der Waals surface area contributed by atoms with Crippen molar-refractivity contribution in [3.63, 3.8) is 0 Å². The second-order valence-electron chi connectivity index (χ2n) is 4.46. The minimum Gasteiger partial charge on any atom is -0.465 e. The average Bonchev–Trinajstić information content (AvgIpc) is 2.85. The molecule has 112 valence electrons. The zero-order valence-electron chi connectivity index (χ0n) is 12.3. The molecule has 1 aromatic heterocycles. The van der Waals surface area contributed by atoms with E-state index in [1.807, 2.05) is 0 Å². The molecule has 0 unspecified atom stereocenters. The van der Waals surface area contributed by atoms with E-state index in [0.29, 0.717) is 22.3 Å². The number of fused-ring (bicyclic) bond motifs is 1. The van der Waals surface area contributed by atoms with E-state index in [2.05, 4.69) is 0 Å². The van der Waals surface area contributed by atoms with Crippen molar-refractivity contribution >= 4 is 22.9 Å². The Bertz CT molecular complexity index is 698. The van der Waals surface area contributed by atoms with E-state index >= 15 is 0 Å². The fourth-order valence-corrected chi connectivity index (χ4v) is 2.28. The van der Waals surface area contributed by atoms with Gasteiger partial charge in [0.15, 0.2) is 0 Å². The molecule has 6 heteroatoms. The Labute approximate surface area is 121 Å². The van der Waals surface area contributed by atoms with Crippen LogP contribution in [0.3, 0.4) is 0 Å². The number of carbonyl (C=O) groups is 2. The average molecular weight is 292 g/mol. The Morgan fingerprint density at radius 1 is 1.10 bits per heavy atom. The van der Waals surface area contributed by atoms with Crippen molar-refractivity contribution in [1.82, 2.24) is 0 Å². The smallest absolute Gasteiger partial charge is 0.339 e. The van der Waals surface area contributed by atoms with E-state index in [9.17, 15) is 9.59 Å². The fourth-order valence-electron chi connectivity index (χ4n) is 2.28. The molecule has 1 heterocycles. The third kappa shape index (κ3) is 2.62. The van der Waals surface area contributed by atoms with Crippen LogP contribution >= 0.6 is 0 Å². The normalized spacial score (nSPS) is 10.7. The maximum atomic E-state index is 12.1. The topological polar surface area (TPSA) is 75.0 Å². The summed E-state index contributed by atoms with van der Waals surface area (Å²) >= 11 is 0. The third-order valence-corrected chi connectivity index (χ3v) is 3.14. The Morgan fingerprint density at radius 2 is 1.76 bits per heavy atom. The number of ether oxygens (including phenoxy) is 3. The first-order chi connectivity index (χ1) is 10.0. The highest BCUT2D eigenvalue weighted by atomic mass is 16.5. The summed E-state index contributed by atoms with van der Waals surface area (Å²) in [7, 11) is 4.01. The molecular weight excluding hydrogens is 276 g/mol. The summed E-state index contributed by atoms with van der Waals surface area (Å²) in [6, 6.07) is 3.27. The first-order valence-electron chi connectivity index (χ1n) is 6.25. The lowest BCUT2D eigenvalue weighted by Crippen LogP contribution is -2.15. The Hall–Kier alpha value is -2.34. The zero-order chi connectivity index (χ0) is 15.6. The molecule has 0 aliphatic heterocycles. The van der Waals surface area contributed by atoms with Gasteiger partial charge in [-0.3, -0.25) is 0 Å². The lowest BCUT2D eigenvalue weighted by molar-refractivity contribution is 0.0552. The predicted octanol–water partition coefficient (Wildman–Crippen LogP) is 2.46. The van der Waals surface area contributed by atoms with Crippen LogP contribution in [0.25, 0.3) is 11.0 Å². The van der Waals surface area contributed by atoms with E-state index in [1.54, 1.807) is 13.0 Å². The van der Waals surface area contributed by atoms with Crippen molar-refractivity contribution < 1.29 is 28.2 Å². The summed E-state index contributed by atoms with van der Waals surface area (Å²) in [4.78, 5) is 24.0. The molecule has 0 aliphatic carbocycles. The molecule has 1 aromatic carbocycles. The van der Waals surface area contributed by atoms with Crippen molar-refractivity contribution in [3.05, 3.63) is 34.6 Å². The van der Waals surface area contributed by atoms with Gasteiger partial charge < -0.3 is 18.6 Å². The van der Waals surface area contributed by atoms with E-state index in [-0.39, 0.29) is 17.7 Å². The van der Waals surface area contributed by atoms with Crippen LogP contribution in [0.15, 0.2) is 16.5 Å². The number of hydrogen-bond donors (Lipinski definition) is 0. The number of benzene rings is 1. The number of esters is 2. The second-order valence-corrected chi connectivity index (χ2v) is 4.46. The molecule has 6 nitrogen and oxygen atoms in total. The standard InChI is InChI=1S/C15H16O6/c1-8-5-9-11(7-18-2)13(15(17)20-4)10(14(16)19-3)6-12(9)21-8/h5-6H,7H2,1-4H3. The molecule has 0 amide bonds. The molecule has 0 spiro atoms. The minimum atomic E-state index is -0.635. The summed E-state index contributed by atoms with van der Waals surface area (Å²) in [5.74, 6) is -0.591. The fraction of sp³-hybridized carbons (Fsp3) is 0.333. The van der Waals surface area contributed by atoms with Crippen molar-refractivity contribution in [2.24, 2.45) is 0 Å². The Morgan fingerprint density at radius 3 is 2.33 bits per heavy atom. The highest BCUT2D eigenvalue weighted by molar-refractivity contribution is 6.08. The molecule has 2 aromatic rings.